The topological polar surface area (TPSA) is 15.3 Å². The number of para-hydroxylation sites is 1. The lowest BCUT2D eigenvalue weighted by Gasteiger charge is -2.26. The highest BCUT2D eigenvalue weighted by atomic mass is 35.5. The van der Waals surface area contributed by atoms with E-state index in [0.717, 1.165) is 12.1 Å². The molecule has 0 spiro atoms. The molecule has 1 N–H and O–H groups in total. The number of benzene rings is 2. The Labute approximate surface area is 139 Å². The van der Waals surface area contributed by atoms with E-state index in [0.29, 0.717) is 21.2 Å². The van der Waals surface area contributed by atoms with Crippen molar-refractivity contribution in [2.45, 2.75) is 19.4 Å². The summed E-state index contributed by atoms with van der Waals surface area (Å²) in [7, 11) is 0. The van der Waals surface area contributed by atoms with Gasteiger partial charge in [0.1, 0.15) is 0 Å². The van der Waals surface area contributed by atoms with Crippen LogP contribution >= 0.6 is 35.4 Å². The van der Waals surface area contributed by atoms with Crippen molar-refractivity contribution in [3.63, 3.8) is 0 Å². The Hall–Kier alpha value is -1.29. The predicted octanol–water partition coefficient (Wildman–Crippen LogP) is 5.14. The smallest absolute Gasteiger partial charge is 0.178 e. The van der Waals surface area contributed by atoms with Crippen LogP contribution in [-0.2, 0) is 6.42 Å². The number of hydrogen-bond donors (Lipinski definition) is 1. The normalized spacial score (nSPS) is 16.7. The number of hydrogen-bond acceptors (Lipinski definition) is 1. The van der Waals surface area contributed by atoms with E-state index < -0.39 is 0 Å². The van der Waals surface area contributed by atoms with E-state index in [9.17, 15) is 0 Å². The van der Waals surface area contributed by atoms with E-state index in [-0.39, 0.29) is 0 Å². The molecule has 0 saturated heterocycles. The minimum Gasteiger partial charge on any atom is -0.332 e. The summed E-state index contributed by atoms with van der Waals surface area (Å²) in [4.78, 5) is 2.15. The zero-order valence-electron chi connectivity index (χ0n) is 11.4. The highest BCUT2D eigenvalue weighted by Crippen LogP contribution is 2.33. The zero-order chi connectivity index (χ0) is 15.0. The molecule has 0 bridgehead atoms. The van der Waals surface area contributed by atoms with Crippen LogP contribution in [0.3, 0.4) is 0 Å². The molecule has 21 heavy (non-hydrogen) atoms. The van der Waals surface area contributed by atoms with E-state index >= 15 is 0 Å². The van der Waals surface area contributed by atoms with Gasteiger partial charge in [-0.15, -0.1) is 0 Å². The molecule has 0 aromatic heterocycles. The summed E-state index contributed by atoms with van der Waals surface area (Å²) < 4.78 is 0. The molecule has 1 heterocycles. The maximum Gasteiger partial charge on any atom is 0.178 e. The van der Waals surface area contributed by atoms with E-state index in [4.69, 9.17) is 35.4 Å². The third kappa shape index (κ3) is 2.86. The highest BCUT2D eigenvalue weighted by Gasteiger charge is 2.28. The van der Waals surface area contributed by atoms with Crippen molar-refractivity contribution in [2.75, 3.05) is 10.2 Å². The van der Waals surface area contributed by atoms with E-state index in [1.54, 1.807) is 12.1 Å². The Morgan fingerprint density at radius 2 is 1.95 bits per heavy atom. The molecule has 0 fully saturated rings. The van der Waals surface area contributed by atoms with Gasteiger partial charge >= 0.3 is 0 Å². The number of fused-ring (bicyclic) bond motifs is 1. The Bertz CT molecular complexity index is 702. The fourth-order valence-electron chi connectivity index (χ4n) is 2.63. The van der Waals surface area contributed by atoms with Gasteiger partial charge in [-0.1, -0.05) is 41.4 Å². The molecular formula is C16H14Cl2N2S. The molecule has 1 atom stereocenters. The molecule has 0 amide bonds. The van der Waals surface area contributed by atoms with Crippen molar-refractivity contribution in [3.8, 4) is 0 Å². The van der Waals surface area contributed by atoms with Gasteiger partial charge in [-0.3, -0.25) is 0 Å². The maximum atomic E-state index is 6.04. The Morgan fingerprint density at radius 1 is 1.19 bits per heavy atom. The summed E-state index contributed by atoms with van der Waals surface area (Å²) in [5.74, 6) is 0. The van der Waals surface area contributed by atoms with Crippen LogP contribution in [-0.4, -0.2) is 11.2 Å². The third-order valence-electron chi connectivity index (χ3n) is 3.60. The van der Waals surface area contributed by atoms with Gasteiger partial charge in [0, 0.05) is 17.4 Å². The van der Waals surface area contributed by atoms with Crippen LogP contribution in [0.15, 0.2) is 42.5 Å². The van der Waals surface area contributed by atoms with Gasteiger partial charge in [0.05, 0.1) is 10.0 Å². The first kappa shape index (κ1) is 14.6. The number of nitrogens with one attached hydrogen (secondary N) is 1. The molecule has 1 aliphatic rings. The van der Waals surface area contributed by atoms with Crippen molar-refractivity contribution >= 4 is 51.9 Å². The first-order valence-electron chi connectivity index (χ1n) is 6.69. The number of thiocarbonyl (C=S) groups is 1. The molecule has 1 aliphatic heterocycles. The van der Waals surface area contributed by atoms with Gasteiger partial charge in [-0.05, 0) is 55.4 Å². The van der Waals surface area contributed by atoms with Gasteiger partial charge < -0.3 is 10.2 Å². The first-order chi connectivity index (χ1) is 10.1. The summed E-state index contributed by atoms with van der Waals surface area (Å²) in [6.45, 7) is 2.17. The molecule has 0 saturated carbocycles. The molecule has 2 nitrogen and oxygen atoms in total. The van der Waals surface area contributed by atoms with E-state index in [1.165, 1.54) is 11.3 Å². The Kier molecular flexibility index (Phi) is 4.07. The van der Waals surface area contributed by atoms with Crippen LogP contribution in [0.25, 0.3) is 0 Å². The molecule has 3 rings (SSSR count). The van der Waals surface area contributed by atoms with Crippen molar-refractivity contribution < 1.29 is 0 Å². The van der Waals surface area contributed by atoms with Gasteiger partial charge in [-0.25, -0.2) is 0 Å². The number of rotatable bonds is 1. The fraction of sp³-hybridized carbons (Fsp3) is 0.188. The SMILES string of the molecule is CC1Cc2ccccc2N1C(=S)Nc1ccc(Cl)c(Cl)c1. The minimum absolute atomic E-state index is 0.338. The third-order valence-corrected chi connectivity index (χ3v) is 4.63. The maximum absolute atomic E-state index is 6.04. The van der Waals surface area contributed by atoms with Crippen LogP contribution in [0.1, 0.15) is 12.5 Å². The Morgan fingerprint density at radius 3 is 2.71 bits per heavy atom. The first-order valence-corrected chi connectivity index (χ1v) is 7.86. The highest BCUT2D eigenvalue weighted by molar-refractivity contribution is 7.80. The van der Waals surface area contributed by atoms with E-state index in [2.05, 4.69) is 35.3 Å². The monoisotopic (exact) mass is 336 g/mol. The summed E-state index contributed by atoms with van der Waals surface area (Å²) in [6, 6.07) is 14.1. The molecule has 2 aromatic carbocycles. The molecule has 0 radical (unpaired) electrons. The van der Waals surface area contributed by atoms with Crippen LogP contribution in [0.4, 0.5) is 11.4 Å². The largest absolute Gasteiger partial charge is 0.332 e. The minimum atomic E-state index is 0.338. The summed E-state index contributed by atoms with van der Waals surface area (Å²) >= 11 is 17.5. The van der Waals surface area contributed by atoms with Gasteiger partial charge in [0.15, 0.2) is 5.11 Å². The summed E-state index contributed by atoms with van der Waals surface area (Å²) in [6.07, 6.45) is 0.999. The average Bonchev–Trinajstić information content (AvgIpc) is 2.78. The van der Waals surface area contributed by atoms with Crippen molar-refractivity contribution in [3.05, 3.63) is 58.1 Å². The standard InChI is InChI=1S/C16H14Cl2N2S/c1-10-8-11-4-2-3-5-15(11)20(10)16(21)19-12-6-7-13(17)14(18)9-12/h2-7,9-10H,8H2,1H3,(H,19,21). The van der Waals surface area contributed by atoms with Crippen molar-refractivity contribution in [1.82, 2.24) is 0 Å². The molecular weight excluding hydrogens is 323 g/mol. The van der Waals surface area contributed by atoms with Gasteiger partial charge in [0.2, 0.25) is 0 Å². The van der Waals surface area contributed by atoms with Crippen LogP contribution < -0.4 is 10.2 Å². The lowest BCUT2D eigenvalue weighted by molar-refractivity contribution is 0.776. The van der Waals surface area contributed by atoms with Crippen molar-refractivity contribution in [2.24, 2.45) is 0 Å². The van der Waals surface area contributed by atoms with Crippen LogP contribution in [0.2, 0.25) is 10.0 Å². The van der Waals surface area contributed by atoms with E-state index in [1.807, 2.05) is 12.1 Å². The summed E-state index contributed by atoms with van der Waals surface area (Å²) in [5.41, 5.74) is 3.33. The van der Waals surface area contributed by atoms with Crippen molar-refractivity contribution in [1.29, 1.82) is 0 Å². The fourth-order valence-corrected chi connectivity index (χ4v) is 3.33. The van der Waals surface area contributed by atoms with Crippen LogP contribution in [0, 0.1) is 0 Å². The quantitative estimate of drug-likeness (QED) is 0.725. The number of anilines is 2. The summed E-state index contributed by atoms with van der Waals surface area (Å²) in [5, 5.41) is 4.96. The molecule has 0 aliphatic carbocycles. The van der Waals surface area contributed by atoms with Crippen LogP contribution in [0.5, 0.6) is 0 Å². The molecule has 2 aromatic rings. The van der Waals surface area contributed by atoms with Gasteiger partial charge in [0.25, 0.3) is 0 Å². The lowest BCUT2D eigenvalue weighted by atomic mass is 10.1. The second-order valence-electron chi connectivity index (χ2n) is 5.11. The second-order valence-corrected chi connectivity index (χ2v) is 6.31. The molecule has 1 unspecified atom stereocenters. The predicted molar refractivity (Wildman–Crippen MR) is 94.8 cm³/mol. The zero-order valence-corrected chi connectivity index (χ0v) is 13.8. The molecule has 108 valence electrons. The second kappa shape index (κ2) is 5.84. The Balaban J connectivity index is 1.84. The molecule has 5 heteroatoms. The lowest BCUT2D eigenvalue weighted by Crippen LogP contribution is -2.38. The average molecular weight is 337 g/mol. The van der Waals surface area contributed by atoms with Gasteiger partial charge in [-0.2, -0.15) is 0 Å². The number of halogens is 2. The number of nitrogens with zero attached hydrogens (tertiary/aromatic N) is 1.